The van der Waals surface area contributed by atoms with Crippen molar-refractivity contribution < 1.29 is 28.7 Å². The number of hydrogen-bond acceptors (Lipinski definition) is 6. The number of Topliss-reactive ketones (excluding diaryl/α,β-unsaturated/α-hetero) is 1. The van der Waals surface area contributed by atoms with Gasteiger partial charge in [-0.3, -0.25) is 14.4 Å². The molecule has 2 aromatic rings. The van der Waals surface area contributed by atoms with Crippen molar-refractivity contribution in [3.05, 3.63) is 54.1 Å². The number of para-hydroxylation sites is 2. The largest absolute Gasteiger partial charge is 0.482 e. The van der Waals surface area contributed by atoms with E-state index in [4.69, 9.17) is 9.47 Å². The second-order valence-electron chi connectivity index (χ2n) is 6.91. The Bertz CT molecular complexity index is 970. The Morgan fingerprint density at radius 3 is 2.47 bits per heavy atom. The van der Waals surface area contributed by atoms with Crippen molar-refractivity contribution in [3.8, 4) is 5.75 Å². The zero-order chi connectivity index (χ0) is 21.7. The van der Waals surface area contributed by atoms with Crippen LogP contribution >= 0.6 is 0 Å². The van der Waals surface area contributed by atoms with Gasteiger partial charge >= 0.3 is 5.97 Å². The zero-order valence-electron chi connectivity index (χ0n) is 16.7. The summed E-state index contributed by atoms with van der Waals surface area (Å²) in [5.41, 5.74) is 1.62. The fourth-order valence-electron chi connectivity index (χ4n) is 3.15. The number of carbonyl (C=O) groups excluding carboxylic acids is 4. The molecule has 0 bridgehead atoms. The number of hydrogen-bond donors (Lipinski definition) is 1. The van der Waals surface area contributed by atoms with Crippen molar-refractivity contribution in [2.24, 2.45) is 0 Å². The molecule has 0 spiro atoms. The van der Waals surface area contributed by atoms with Crippen LogP contribution in [0.4, 0.5) is 11.4 Å². The first-order valence-electron chi connectivity index (χ1n) is 9.45. The third-order valence-corrected chi connectivity index (χ3v) is 4.60. The van der Waals surface area contributed by atoms with Gasteiger partial charge in [-0.2, -0.15) is 0 Å². The molecule has 1 heterocycles. The maximum atomic E-state index is 12.7. The maximum absolute atomic E-state index is 12.7. The molecule has 0 saturated carbocycles. The third kappa shape index (κ3) is 5.02. The molecule has 0 radical (unpaired) electrons. The number of amides is 2. The van der Waals surface area contributed by atoms with Crippen LogP contribution in [-0.2, 0) is 19.1 Å². The van der Waals surface area contributed by atoms with E-state index in [-0.39, 0.29) is 24.7 Å². The average Bonchev–Trinajstić information content (AvgIpc) is 2.84. The second kappa shape index (κ2) is 9.21. The minimum Gasteiger partial charge on any atom is -0.482 e. The summed E-state index contributed by atoms with van der Waals surface area (Å²) in [6.07, 6.45) is 0.133. The number of benzene rings is 2. The minimum absolute atomic E-state index is 0.0688. The molecule has 1 aliphatic heterocycles. The van der Waals surface area contributed by atoms with Gasteiger partial charge in [0.1, 0.15) is 5.75 Å². The van der Waals surface area contributed by atoms with E-state index in [2.05, 4.69) is 5.32 Å². The van der Waals surface area contributed by atoms with Crippen molar-refractivity contribution in [3.63, 3.8) is 0 Å². The van der Waals surface area contributed by atoms with E-state index >= 15 is 0 Å². The molecule has 3 rings (SSSR count). The van der Waals surface area contributed by atoms with Crippen LogP contribution < -0.4 is 15.0 Å². The number of esters is 1. The fourth-order valence-corrected chi connectivity index (χ4v) is 3.15. The summed E-state index contributed by atoms with van der Waals surface area (Å²) in [6, 6.07) is 12.9. The Kier molecular flexibility index (Phi) is 6.46. The first-order valence-corrected chi connectivity index (χ1v) is 9.45. The predicted molar refractivity (Wildman–Crippen MR) is 110 cm³/mol. The number of carbonyl (C=O) groups is 4. The number of rotatable bonds is 6. The fraction of sp³-hybridized carbons (Fsp3) is 0.273. The van der Waals surface area contributed by atoms with Crippen molar-refractivity contribution in [2.45, 2.75) is 26.3 Å². The number of nitrogens with zero attached hydrogens (tertiary/aromatic N) is 1. The van der Waals surface area contributed by atoms with Crippen LogP contribution in [-0.4, -0.2) is 42.8 Å². The Morgan fingerprint density at radius 2 is 1.77 bits per heavy atom. The lowest BCUT2D eigenvalue weighted by Gasteiger charge is -2.27. The van der Waals surface area contributed by atoms with Crippen LogP contribution in [0.3, 0.4) is 0 Å². The number of fused-ring (bicyclic) bond motifs is 1. The summed E-state index contributed by atoms with van der Waals surface area (Å²) < 4.78 is 10.4. The summed E-state index contributed by atoms with van der Waals surface area (Å²) >= 11 is 0. The van der Waals surface area contributed by atoms with E-state index in [1.807, 2.05) is 0 Å². The highest BCUT2D eigenvalue weighted by Gasteiger charge is 2.30. The maximum Gasteiger partial charge on any atom is 0.344 e. The lowest BCUT2D eigenvalue weighted by molar-refractivity contribution is -0.149. The van der Waals surface area contributed by atoms with Gasteiger partial charge in [-0.25, -0.2) is 4.79 Å². The summed E-state index contributed by atoms with van der Waals surface area (Å²) in [7, 11) is 0. The van der Waals surface area contributed by atoms with Crippen LogP contribution in [0.1, 0.15) is 30.6 Å². The number of nitrogens with one attached hydrogen (secondary N) is 1. The van der Waals surface area contributed by atoms with E-state index < -0.39 is 24.5 Å². The van der Waals surface area contributed by atoms with Gasteiger partial charge in [0.15, 0.2) is 19.0 Å². The Labute approximate surface area is 173 Å². The average molecular weight is 410 g/mol. The van der Waals surface area contributed by atoms with Gasteiger partial charge in [0.25, 0.3) is 5.91 Å². The van der Waals surface area contributed by atoms with E-state index in [9.17, 15) is 19.2 Å². The molecule has 30 heavy (non-hydrogen) atoms. The molecule has 0 aromatic heterocycles. The summed E-state index contributed by atoms with van der Waals surface area (Å²) in [5.74, 6) is -0.996. The van der Waals surface area contributed by atoms with E-state index in [0.29, 0.717) is 22.7 Å². The second-order valence-corrected chi connectivity index (χ2v) is 6.91. The topological polar surface area (TPSA) is 102 Å². The van der Waals surface area contributed by atoms with Crippen LogP contribution in [0.2, 0.25) is 0 Å². The molecule has 0 aliphatic carbocycles. The minimum atomic E-state index is -0.705. The van der Waals surface area contributed by atoms with Crippen LogP contribution in [0.15, 0.2) is 48.5 Å². The van der Waals surface area contributed by atoms with Gasteiger partial charge in [-0.15, -0.1) is 0 Å². The molecule has 0 unspecified atom stereocenters. The van der Waals surface area contributed by atoms with Gasteiger partial charge in [-0.1, -0.05) is 12.1 Å². The molecule has 1 N–H and O–H groups in total. The smallest absolute Gasteiger partial charge is 0.344 e. The van der Waals surface area contributed by atoms with Crippen LogP contribution in [0.5, 0.6) is 5.75 Å². The molecule has 2 aromatic carbocycles. The Morgan fingerprint density at radius 1 is 1.07 bits per heavy atom. The lowest BCUT2D eigenvalue weighted by Crippen LogP contribution is -2.41. The highest BCUT2D eigenvalue weighted by molar-refractivity contribution is 6.05. The molecule has 1 atom stereocenters. The molecular weight excluding hydrogens is 388 g/mol. The van der Waals surface area contributed by atoms with Gasteiger partial charge in [0.2, 0.25) is 5.91 Å². The van der Waals surface area contributed by atoms with Crippen molar-refractivity contribution in [1.82, 2.24) is 0 Å². The molecule has 156 valence electrons. The number of ether oxygens (including phenoxy) is 2. The van der Waals surface area contributed by atoms with E-state index in [1.165, 1.54) is 11.8 Å². The predicted octanol–water partition coefficient (Wildman–Crippen LogP) is 2.58. The van der Waals surface area contributed by atoms with E-state index in [1.54, 1.807) is 55.5 Å². The standard InChI is InChI=1S/C22H22N2O6/c1-14-11-20(26)23-18-5-3-4-6-19(18)24(14)21(27)12-30-22(28)13-29-17-9-7-16(8-10-17)15(2)25/h3-10,14H,11-13H2,1-2H3,(H,23,26)/t14-/m1/s1. The molecular formula is C22H22N2O6. The highest BCUT2D eigenvalue weighted by Crippen LogP contribution is 2.31. The molecule has 8 heteroatoms. The van der Waals surface area contributed by atoms with Gasteiger partial charge in [0.05, 0.1) is 11.4 Å². The van der Waals surface area contributed by atoms with Gasteiger partial charge in [-0.05, 0) is 50.2 Å². The number of anilines is 2. The molecule has 1 aliphatic rings. The van der Waals surface area contributed by atoms with Gasteiger partial charge < -0.3 is 19.7 Å². The summed E-state index contributed by atoms with van der Waals surface area (Å²) in [4.78, 5) is 49.5. The van der Waals surface area contributed by atoms with Crippen LogP contribution in [0, 0.1) is 0 Å². The Hall–Kier alpha value is -3.68. The summed E-state index contributed by atoms with van der Waals surface area (Å²) in [5, 5.41) is 2.77. The van der Waals surface area contributed by atoms with Crippen molar-refractivity contribution in [1.29, 1.82) is 0 Å². The zero-order valence-corrected chi connectivity index (χ0v) is 16.7. The lowest BCUT2D eigenvalue weighted by atomic mass is 10.1. The highest BCUT2D eigenvalue weighted by atomic mass is 16.6. The first-order chi connectivity index (χ1) is 14.3. The van der Waals surface area contributed by atoms with E-state index in [0.717, 1.165) is 0 Å². The van der Waals surface area contributed by atoms with Crippen LogP contribution in [0.25, 0.3) is 0 Å². The quantitative estimate of drug-likeness (QED) is 0.580. The SMILES string of the molecule is CC(=O)c1ccc(OCC(=O)OCC(=O)N2c3ccccc3NC(=O)C[C@H]2C)cc1. The van der Waals surface area contributed by atoms with Crippen molar-refractivity contribution in [2.75, 3.05) is 23.4 Å². The Balaban J connectivity index is 1.57. The molecule has 0 saturated heterocycles. The molecule has 8 nitrogen and oxygen atoms in total. The van der Waals surface area contributed by atoms with Gasteiger partial charge in [0, 0.05) is 18.0 Å². The first kappa shape index (κ1) is 21.0. The third-order valence-electron chi connectivity index (χ3n) is 4.60. The van der Waals surface area contributed by atoms with Crippen molar-refractivity contribution >= 4 is 34.9 Å². The molecule has 2 amide bonds. The normalized spacial score (nSPS) is 15.5. The monoisotopic (exact) mass is 410 g/mol. The number of ketones is 1. The summed E-state index contributed by atoms with van der Waals surface area (Å²) in [6.45, 7) is 2.37. The molecule has 0 fully saturated rings.